The Labute approximate surface area is 147 Å². The molecule has 0 radical (unpaired) electrons. The van der Waals surface area contributed by atoms with Gasteiger partial charge in [0, 0.05) is 12.6 Å². The second-order valence-corrected chi connectivity index (χ2v) is 6.75. The van der Waals surface area contributed by atoms with Crippen molar-refractivity contribution in [2.24, 2.45) is 5.41 Å². The lowest BCUT2D eigenvalue weighted by molar-refractivity contribution is -0.144. The highest BCUT2D eigenvalue weighted by Gasteiger charge is 2.41. The Kier molecular flexibility index (Phi) is 4.79. The van der Waals surface area contributed by atoms with Gasteiger partial charge < -0.3 is 9.47 Å². The van der Waals surface area contributed by atoms with E-state index in [-0.39, 0.29) is 17.2 Å². The Balaban J connectivity index is 1.91. The molecule has 0 atom stereocenters. The van der Waals surface area contributed by atoms with E-state index in [2.05, 4.69) is 4.98 Å². The minimum Gasteiger partial charge on any atom is -0.490 e. The number of methoxy groups -OCH3 is 1. The summed E-state index contributed by atoms with van der Waals surface area (Å²) in [7, 11) is 1.39. The van der Waals surface area contributed by atoms with Crippen LogP contribution < -0.4 is 4.74 Å². The van der Waals surface area contributed by atoms with Gasteiger partial charge in [-0.15, -0.1) is 0 Å². The molecule has 2 aromatic heterocycles. The van der Waals surface area contributed by atoms with Crippen LogP contribution in [0.2, 0.25) is 0 Å². The van der Waals surface area contributed by atoms with E-state index in [0.717, 1.165) is 19.3 Å². The molecule has 0 spiro atoms. The molecule has 2 heterocycles. The molecule has 134 valence electrons. The van der Waals surface area contributed by atoms with Gasteiger partial charge in [0.1, 0.15) is 5.69 Å². The summed E-state index contributed by atoms with van der Waals surface area (Å²) in [5, 5.41) is 0. The summed E-state index contributed by atoms with van der Waals surface area (Å²) in [6, 6.07) is 3.70. The summed E-state index contributed by atoms with van der Waals surface area (Å²) in [4.78, 5) is 29.3. The van der Waals surface area contributed by atoms with Crippen LogP contribution in [0.25, 0.3) is 5.65 Å². The zero-order valence-corrected chi connectivity index (χ0v) is 15.0. The third-order valence-electron chi connectivity index (χ3n) is 5.05. The van der Waals surface area contributed by atoms with Crippen molar-refractivity contribution in [3.05, 3.63) is 29.7 Å². The van der Waals surface area contributed by atoms with Gasteiger partial charge in [-0.2, -0.15) is 0 Å². The van der Waals surface area contributed by atoms with Crippen LogP contribution in [0, 0.1) is 12.3 Å². The fraction of sp³-hybridized carbons (Fsp3) is 0.526. The molecule has 1 aliphatic rings. The van der Waals surface area contributed by atoms with E-state index in [1.807, 2.05) is 32.2 Å². The number of ether oxygens (including phenoxy) is 2. The predicted molar refractivity (Wildman–Crippen MR) is 93.0 cm³/mol. The fourth-order valence-corrected chi connectivity index (χ4v) is 3.66. The average Bonchev–Trinajstić information content (AvgIpc) is 2.90. The van der Waals surface area contributed by atoms with Crippen molar-refractivity contribution in [3.63, 3.8) is 0 Å². The number of aryl methyl sites for hydroxylation is 1. The lowest BCUT2D eigenvalue weighted by atomic mass is 9.63. The molecular formula is C19H24N2O4. The molecule has 1 aliphatic carbocycles. The molecule has 0 unspecified atom stereocenters. The van der Waals surface area contributed by atoms with Gasteiger partial charge in [-0.1, -0.05) is 6.42 Å². The van der Waals surface area contributed by atoms with Gasteiger partial charge in [-0.25, -0.2) is 4.98 Å². The van der Waals surface area contributed by atoms with Crippen molar-refractivity contribution in [1.82, 2.24) is 9.38 Å². The maximum absolute atomic E-state index is 13.0. The van der Waals surface area contributed by atoms with Crippen molar-refractivity contribution in [2.45, 2.75) is 46.0 Å². The summed E-state index contributed by atoms with van der Waals surface area (Å²) >= 11 is 0. The number of ketones is 1. The van der Waals surface area contributed by atoms with Gasteiger partial charge in [0.2, 0.25) is 0 Å². The highest BCUT2D eigenvalue weighted by Crippen LogP contribution is 2.48. The normalized spacial score (nSPS) is 15.6. The summed E-state index contributed by atoms with van der Waals surface area (Å²) < 4.78 is 12.2. The quantitative estimate of drug-likeness (QED) is 0.569. The van der Waals surface area contributed by atoms with Crippen LogP contribution in [0.1, 0.15) is 55.2 Å². The summed E-state index contributed by atoms with van der Waals surface area (Å²) in [5.41, 5.74) is 1.65. The van der Waals surface area contributed by atoms with Crippen molar-refractivity contribution >= 4 is 17.4 Å². The first-order chi connectivity index (χ1) is 12.0. The number of fused-ring (bicyclic) bond motifs is 1. The molecular weight excluding hydrogens is 320 g/mol. The molecule has 6 heteroatoms. The molecule has 0 aromatic carbocycles. The highest BCUT2D eigenvalue weighted by molar-refractivity contribution is 5.97. The SMILES string of the molecule is CCOc1cccn2c(C(=O)CC3(CC(=O)OC)CCC3)c(C)nc12. The van der Waals surface area contributed by atoms with E-state index < -0.39 is 0 Å². The van der Waals surface area contributed by atoms with Crippen LogP contribution in [0.4, 0.5) is 0 Å². The Morgan fingerprint density at radius 1 is 1.32 bits per heavy atom. The zero-order valence-electron chi connectivity index (χ0n) is 15.0. The molecule has 0 amide bonds. The number of nitrogens with zero attached hydrogens (tertiary/aromatic N) is 2. The van der Waals surface area contributed by atoms with Gasteiger partial charge in [-0.05, 0) is 44.2 Å². The summed E-state index contributed by atoms with van der Waals surface area (Å²) in [6.45, 7) is 4.29. The van der Waals surface area contributed by atoms with E-state index in [9.17, 15) is 9.59 Å². The van der Waals surface area contributed by atoms with Crippen LogP contribution in [0.3, 0.4) is 0 Å². The third-order valence-corrected chi connectivity index (χ3v) is 5.05. The Morgan fingerprint density at radius 3 is 2.68 bits per heavy atom. The molecule has 0 bridgehead atoms. The Bertz CT molecular complexity index is 805. The minimum atomic E-state index is -0.266. The second kappa shape index (κ2) is 6.86. The maximum atomic E-state index is 13.0. The zero-order chi connectivity index (χ0) is 18.0. The van der Waals surface area contributed by atoms with Gasteiger partial charge in [0.15, 0.2) is 17.2 Å². The number of carbonyl (C=O) groups excluding carboxylic acids is 2. The van der Waals surface area contributed by atoms with Crippen LogP contribution in [-0.2, 0) is 9.53 Å². The number of hydrogen-bond acceptors (Lipinski definition) is 5. The monoisotopic (exact) mass is 344 g/mol. The Morgan fingerprint density at radius 2 is 2.08 bits per heavy atom. The number of Topliss-reactive ketones (excluding diaryl/α,β-unsaturated/α-hetero) is 1. The predicted octanol–water partition coefficient (Wildman–Crippen LogP) is 3.35. The molecule has 1 saturated carbocycles. The molecule has 0 saturated heterocycles. The molecule has 3 rings (SSSR count). The van der Waals surface area contributed by atoms with Crippen molar-refractivity contribution in [3.8, 4) is 5.75 Å². The van der Waals surface area contributed by atoms with Crippen LogP contribution in [0.15, 0.2) is 18.3 Å². The second-order valence-electron chi connectivity index (χ2n) is 6.75. The van der Waals surface area contributed by atoms with Gasteiger partial charge in [-0.3, -0.25) is 14.0 Å². The van der Waals surface area contributed by atoms with E-state index in [0.29, 0.717) is 42.2 Å². The lowest BCUT2D eigenvalue weighted by Crippen LogP contribution is -2.35. The van der Waals surface area contributed by atoms with Crippen molar-refractivity contribution in [1.29, 1.82) is 0 Å². The largest absolute Gasteiger partial charge is 0.490 e. The summed E-state index contributed by atoms with van der Waals surface area (Å²) in [6.07, 6.45) is 5.29. The first-order valence-corrected chi connectivity index (χ1v) is 8.70. The van der Waals surface area contributed by atoms with E-state index in [4.69, 9.17) is 9.47 Å². The molecule has 2 aromatic rings. The van der Waals surface area contributed by atoms with Crippen molar-refractivity contribution in [2.75, 3.05) is 13.7 Å². The summed E-state index contributed by atoms with van der Waals surface area (Å²) in [5.74, 6) is 0.434. The van der Waals surface area contributed by atoms with E-state index >= 15 is 0 Å². The lowest BCUT2D eigenvalue weighted by Gasteiger charge is -2.40. The number of rotatable bonds is 7. The molecule has 25 heavy (non-hydrogen) atoms. The first kappa shape index (κ1) is 17.5. The van der Waals surface area contributed by atoms with Crippen LogP contribution >= 0.6 is 0 Å². The number of aromatic nitrogens is 2. The van der Waals surface area contributed by atoms with Crippen LogP contribution in [0.5, 0.6) is 5.75 Å². The van der Waals surface area contributed by atoms with Crippen molar-refractivity contribution < 1.29 is 19.1 Å². The maximum Gasteiger partial charge on any atom is 0.306 e. The Hall–Kier alpha value is -2.37. The molecule has 6 nitrogen and oxygen atoms in total. The smallest absolute Gasteiger partial charge is 0.306 e. The minimum absolute atomic E-state index is 0.0160. The third kappa shape index (κ3) is 3.25. The number of hydrogen-bond donors (Lipinski definition) is 0. The fourth-order valence-electron chi connectivity index (χ4n) is 3.66. The average molecular weight is 344 g/mol. The first-order valence-electron chi connectivity index (χ1n) is 8.70. The van der Waals surface area contributed by atoms with Gasteiger partial charge >= 0.3 is 5.97 Å². The number of carbonyl (C=O) groups is 2. The highest BCUT2D eigenvalue weighted by atomic mass is 16.5. The topological polar surface area (TPSA) is 69.9 Å². The van der Waals surface area contributed by atoms with Gasteiger partial charge in [0.05, 0.1) is 25.8 Å². The standard InChI is InChI=1S/C19H24N2O4/c1-4-25-15-7-5-10-21-17(13(2)20-18(15)21)14(22)11-19(8-6-9-19)12-16(23)24-3/h5,7,10H,4,6,8-9,11-12H2,1-3H3. The molecule has 0 aliphatic heterocycles. The van der Waals surface area contributed by atoms with E-state index in [1.165, 1.54) is 7.11 Å². The van der Waals surface area contributed by atoms with Gasteiger partial charge in [0.25, 0.3) is 0 Å². The number of esters is 1. The number of pyridine rings is 1. The van der Waals surface area contributed by atoms with Crippen LogP contribution in [-0.4, -0.2) is 34.9 Å². The molecule has 1 fully saturated rings. The number of imidazole rings is 1. The van der Waals surface area contributed by atoms with E-state index in [1.54, 1.807) is 4.40 Å². The molecule has 0 N–H and O–H groups in total.